The molecule has 2 aromatic rings. The first-order valence-corrected chi connectivity index (χ1v) is 11.6. The van der Waals surface area contributed by atoms with Gasteiger partial charge < -0.3 is 20.7 Å². The molecule has 0 radical (unpaired) electrons. The molecular weight excluding hydrogens is 421 g/mol. The molecule has 0 unspecified atom stereocenters. The lowest BCUT2D eigenvalue weighted by molar-refractivity contribution is 0.0415. The number of benzene rings is 1. The van der Waals surface area contributed by atoms with Crippen LogP contribution in [0.1, 0.15) is 66.4 Å². The van der Waals surface area contributed by atoms with Crippen LogP contribution in [0.3, 0.4) is 0 Å². The fraction of sp³-hybridized carbons (Fsp3) is 0.560. The molecule has 0 saturated heterocycles. The van der Waals surface area contributed by atoms with Crippen molar-refractivity contribution in [1.82, 2.24) is 15.3 Å². The highest BCUT2D eigenvalue weighted by atomic mass is 19.1. The summed E-state index contributed by atoms with van der Waals surface area (Å²) in [6.45, 7) is 12.8. The van der Waals surface area contributed by atoms with Gasteiger partial charge >= 0.3 is 6.09 Å². The van der Waals surface area contributed by atoms with E-state index < -0.39 is 5.60 Å². The molecule has 1 heterocycles. The van der Waals surface area contributed by atoms with Crippen LogP contribution in [0.5, 0.6) is 0 Å². The van der Waals surface area contributed by atoms with Crippen LogP contribution in [-0.2, 0) is 10.2 Å². The molecule has 3 rings (SSSR count). The van der Waals surface area contributed by atoms with E-state index in [1.807, 2.05) is 27.0 Å². The summed E-state index contributed by atoms with van der Waals surface area (Å²) >= 11 is 0. The van der Waals surface area contributed by atoms with Crippen molar-refractivity contribution >= 4 is 23.5 Å². The Morgan fingerprint density at radius 2 is 1.94 bits per heavy atom. The van der Waals surface area contributed by atoms with Crippen molar-refractivity contribution in [2.45, 2.75) is 77.9 Å². The fourth-order valence-electron chi connectivity index (χ4n) is 4.01. The van der Waals surface area contributed by atoms with Gasteiger partial charge in [0.1, 0.15) is 17.2 Å². The van der Waals surface area contributed by atoms with Crippen molar-refractivity contribution in [2.75, 3.05) is 17.2 Å². The topological polar surface area (TPSA) is 88.2 Å². The van der Waals surface area contributed by atoms with Gasteiger partial charge in [0, 0.05) is 30.0 Å². The Balaban J connectivity index is 1.71. The summed E-state index contributed by atoms with van der Waals surface area (Å²) < 4.78 is 18.9. The maximum atomic E-state index is 13.5. The van der Waals surface area contributed by atoms with Gasteiger partial charge in [0.2, 0.25) is 5.95 Å². The summed E-state index contributed by atoms with van der Waals surface area (Å²) in [5.41, 5.74) is 0.921. The lowest BCUT2D eigenvalue weighted by atomic mass is 9.62. The molecular formula is C25H36FN5O2. The van der Waals surface area contributed by atoms with Crippen LogP contribution in [0.2, 0.25) is 0 Å². The van der Waals surface area contributed by atoms with Crippen LogP contribution in [0, 0.1) is 11.7 Å². The Bertz CT molecular complexity index is 968. The van der Waals surface area contributed by atoms with Crippen LogP contribution < -0.4 is 16.0 Å². The van der Waals surface area contributed by atoms with Crippen LogP contribution in [0.15, 0.2) is 30.5 Å². The summed E-state index contributed by atoms with van der Waals surface area (Å²) in [6.07, 6.45) is 4.17. The van der Waals surface area contributed by atoms with Crippen molar-refractivity contribution in [1.29, 1.82) is 0 Å². The number of amides is 1. The van der Waals surface area contributed by atoms with Crippen molar-refractivity contribution in [2.24, 2.45) is 5.92 Å². The highest BCUT2D eigenvalue weighted by molar-refractivity contribution is 5.68. The van der Waals surface area contributed by atoms with E-state index in [0.29, 0.717) is 17.6 Å². The number of hydrogen-bond donors (Lipinski definition) is 3. The lowest BCUT2D eigenvalue weighted by Crippen LogP contribution is -2.51. The van der Waals surface area contributed by atoms with Gasteiger partial charge in [0.25, 0.3) is 0 Å². The first-order chi connectivity index (χ1) is 15.5. The van der Waals surface area contributed by atoms with Crippen LogP contribution in [-0.4, -0.2) is 34.2 Å². The highest BCUT2D eigenvalue weighted by Gasteiger charge is 2.43. The molecule has 3 N–H and O–H groups in total. The largest absolute Gasteiger partial charge is 0.444 e. The number of nitrogens with one attached hydrogen (secondary N) is 3. The number of ether oxygens (including phenoxy) is 1. The Hall–Kier alpha value is -2.90. The molecule has 8 heteroatoms. The number of aromatic nitrogens is 2. The number of rotatable bonds is 8. The SMILES string of the molecule is CCCNc1nc(Nc2cccc(F)c2)ncc1C(C)(C)[C@H]1C[C@@H](NC(=O)OC(C)(C)C)C1. The average Bonchev–Trinajstić information content (AvgIpc) is 2.67. The van der Waals surface area contributed by atoms with E-state index in [1.54, 1.807) is 12.1 Å². The summed E-state index contributed by atoms with van der Waals surface area (Å²) in [6, 6.07) is 6.33. The Labute approximate surface area is 195 Å². The minimum absolute atomic E-state index is 0.103. The monoisotopic (exact) mass is 457 g/mol. The van der Waals surface area contributed by atoms with E-state index in [0.717, 1.165) is 37.2 Å². The second kappa shape index (κ2) is 9.93. The van der Waals surface area contributed by atoms with E-state index in [-0.39, 0.29) is 23.4 Å². The molecule has 33 heavy (non-hydrogen) atoms. The number of nitrogens with zero attached hydrogens (tertiary/aromatic N) is 2. The van der Waals surface area contributed by atoms with Crippen molar-refractivity contribution in [3.8, 4) is 0 Å². The third kappa shape index (κ3) is 6.55. The first kappa shape index (κ1) is 24.7. The summed E-state index contributed by atoms with van der Waals surface area (Å²) in [5, 5.41) is 9.47. The molecule has 1 aliphatic rings. The van der Waals surface area contributed by atoms with E-state index in [2.05, 4.69) is 41.7 Å². The Kier molecular flexibility index (Phi) is 7.44. The zero-order valence-electron chi connectivity index (χ0n) is 20.5. The molecule has 1 amide bonds. The molecule has 1 saturated carbocycles. The molecule has 1 aromatic carbocycles. The van der Waals surface area contributed by atoms with Gasteiger partial charge in [-0.25, -0.2) is 14.2 Å². The van der Waals surface area contributed by atoms with Gasteiger partial charge in [-0.05, 0) is 69.6 Å². The van der Waals surface area contributed by atoms with Crippen LogP contribution in [0.4, 0.5) is 26.6 Å². The molecule has 1 fully saturated rings. The van der Waals surface area contributed by atoms with Crippen LogP contribution >= 0.6 is 0 Å². The molecule has 0 atom stereocenters. The number of alkyl carbamates (subject to hydrolysis) is 1. The zero-order valence-corrected chi connectivity index (χ0v) is 20.5. The van der Waals surface area contributed by atoms with Crippen molar-refractivity contribution in [3.05, 3.63) is 41.8 Å². The maximum Gasteiger partial charge on any atom is 0.407 e. The molecule has 180 valence electrons. The van der Waals surface area contributed by atoms with Crippen molar-refractivity contribution < 1.29 is 13.9 Å². The van der Waals surface area contributed by atoms with E-state index in [9.17, 15) is 9.18 Å². The Morgan fingerprint density at radius 3 is 2.58 bits per heavy atom. The third-order valence-corrected chi connectivity index (χ3v) is 5.99. The summed E-state index contributed by atoms with van der Waals surface area (Å²) in [5.74, 6) is 1.24. The van der Waals surface area contributed by atoms with Crippen molar-refractivity contribution in [3.63, 3.8) is 0 Å². The van der Waals surface area contributed by atoms with Gasteiger partial charge in [-0.15, -0.1) is 0 Å². The number of anilines is 3. The average molecular weight is 458 g/mol. The second-order valence-electron chi connectivity index (χ2n) is 10.3. The minimum Gasteiger partial charge on any atom is -0.444 e. The Morgan fingerprint density at radius 1 is 1.21 bits per heavy atom. The van der Waals surface area contributed by atoms with Gasteiger partial charge in [-0.3, -0.25) is 0 Å². The van der Waals surface area contributed by atoms with Gasteiger partial charge in [0.05, 0.1) is 0 Å². The van der Waals surface area contributed by atoms with E-state index in [1.165, 1.54) is 12.1 Å². The van der Waals surface area contributed by atoms with E-state index >= 15 is 0 Å². The van der Waals surface area contributed by atoms with Gasteiger partial charge in [-0.2, -0.15) is 4.98 Å². The molecule has 7 nitrogen and oxygen atoms in total. The van der Waals surface area contributed by atoms with Crippen LogP contribution in [0.25, 0.3) is 0 Å². The highest BCUT2D eigenvalue weighted by Crippen LogP contribution is 2.45. The number of carbonyl (C=O) groups excluding carboxylic acids is 1. The van der Waals surface area contributed by atoms with Gasteiger partial charge in [0.15, 0.2) is 0 Å². The summed E-state index contributed by atoms with van der Waals surface area (Å²) in [7, 11) is 0. The molecule has 0 bridgehead atoms. The number of halogens is 1. The number of hydrogen-bond acceptors (Lipinski definition) is 6. The summed E-state index contributed by atoms with van der Waals surface area (Å²) in [4.78, 5) is 21.3. The number of carbonyl (C=O) groups is 1. The normalized spacial score (nSPS) is 18.3. The third-order valence-electron chi connectivity index (χ3n) is 5.99. The molecule has 1 aliphatic carbocycles. The zero-order chi connectivity index (χ0) is 24.2. The molecule has 1 aromatic heterocycles. The molecule has 0 aliphatic heterocycles. The predicted molar refractivity (Wildman–Crippen MR) is 129 cm³/mol. The predicted octanol–water partition coefficient (Wildman–Crippen LogP) is 5.76. The van der Waals surface area contributed by atoms with Gasteiger partial charge in [-0.1, -0.05) is 26.8 Å². The minimum atomic E-state index is -0.509. The maximum absolute atomic E-state index is 13.5. The lowest BCUT2D eigenvalue weighted by Gasteiger charge is -2.46. The molecule has 0 spiro atoms. The standard InChI is InChI=1S/C25H36FN5O2/c1-7-11-27-21-20(15-28-22(31-21)29-18-10-8-9-17(26)14-18)25(5,6)16-12-19(13-16)30-23(32)33-24(2,3)4/h8-10,14-16,19H,7,11-13H2,1-6H3,(H,30,32)(H2,27,28,29,31)/t16-,19+. The second-order valence-corrected chi connectivity index (χ2v) is 10.3. The first-order valence-electron chi connectivity index (χ1n) is 11.6. The van der Waals surface area contributed by atoms with E-state index in [4.69, 9.17) is 9.72 Å². The quantitative estimate of drug-likeness (QED) is 0.467. The smallest absolute Gasteiger partial charge is 0.407 e. The fourth-order valence-corrected chi connectivity index (χ4v) is 4.01.